The summed E-state index contributed by atoms with van der Waals surface area (Å²) in [6.07, 6.45) is -0.468. The zero-order valence-corrected chi connectivity index (χ0v) is 11.1. The van der Waals surface area contributed by atoms with Crippen molar-refractivity contribution in [2.24, 2.45) is 0 Å². The van der Waals surface area contributed by atoms with Crippen LogP contribution in [0.25, 0.3) is 0 Å². The molecule has 0 aliphatic carbocycles. The van der Waals surface area contributed by atoms with Crippen molar-refractivity contribution in [2.45, 2.75) is 32.6 Å². The molecular weight excluding hydrogens is 238 g/mol. The van der Waals surface area contributed by atoms with Crippen LogP contribution < -0.4 is 5.32 Å². The highest BCUT2D eigenvalue weighted by Gasteiger charge is 2.04. The first kappa shape index (κ1) is 14.5. The van der Waals surface area contributed by atoms with E-state index in [4.69, 9.17) is 16.3 Å². The molecular formula is C13H20ClNO2. The summed E-state index contributed by atoms with van der Waals surface area (Å²) in [6.45, 7) is 5.47. The quantitative estimate of drug-likeness (QED) is 0.787. The fourth-order valence-electron chi connectivity index (χ4n) is 1.32. The normalized spacial score (nSPS) is 13.0. The van der Waals surface area contributed by atoms with Gasteiger partial charge in [0, 0.05) is 17.6 Å². The van der Waals surface area contributed by atoms with E-state index in [2.05, 4.69) is 5.32 Å². The molecule has 0 fully saturated rings. The SMILES string of the molecule is CC(C)NC[C@H](O)COCc1ccc(Cl)cc1. The maximum atomic E-state index is 9.61. The molecule has 96 valence electrons. The Hall–Kier alpha value is -0.610. The number of aliphatic hydroxyl groups is 1. The van der Waals surface area contributed by atoms with E-state index in [9.17, 15) is 5.11 Å². The highest BCUT2D eigenvalue weighted by atomic mass is 35.5. The van der Waals surface area contributed by atoms with Gasteiger partial charge in [-0.1, -0.05) is 37.6 Å². The van der Waals surface area contributed by atoms with Crippen LogP contribution in [-0.2, 0) is 11.3 Å². The molecule has 1 rings (SSSR count). The van der Waals surface area contributed by atoms with Crippen molar-refractivity contribution in [2.75, 3.05) is 13.2 Å². The van der Waals surface area contributed by atoms with Gasteiger partial charge in [0.25, 0.3) is 0 Å². The molecule has 0 spiro atoms. The van der Waals surface area contributed by atoms with Crippen molar-refractivity contribution in [1.29, 1.82) is 0 Å². The Bertz CT molecular complexity index is 314. The van der Waals surface area contributed by atoms with Crippen molar-refractivity contribution in [1.82, 2.24) is 5.32 Å². The molecule has 0 aliphatic rings. The highest BCUT2D eigenvalue weighted by molar-refractivity contribution is 6.30. The third-order valence-corrected chi connectivity index (χ3v) is 2.51. The molecule has 17 heavy (non-hydrogen) atoms. The van der Waals surface area contributed by atoms with E-state index in [-0.39, 0.29) is 0 Å². The summed E-state index contributed by atoms with van der Waals surface area (Å²) in [4.78, 5) is 0. The number of nitrogens with one attached hydrogen (secondary N) is 1. The minimum atomic E-state index is -0.468. The Balaban J connectivity index is 2.16. The van der Waals surface area contributed by atoms with Gasteiger partial charge in [-0.05, 0) is 17.7 Å². The van der Waals surface area contributed by atoms with Crippen LogP contribution >= 0.6 is 11.6 Å². The second-order valence-corrected chi connectivity index (χ2v) is 4.79. The third-order valence-electron chi connectivity index (χ3n) is 2.25. The Morgan fingerprint density at radius 3 is 2.53 bits per heavy atom. The topological polar surface area (TPSA) is 41.5 Å². The summed E-state index contributed by atoms with van der Waals surface area (Å²) < 4.78 is 5.42. The largest absolute Gasteiger partial charge is 0.389 e. The molecule has 0 saturated carbocycles. The number of hydrogen-bond donors (Lipinski definition) is 2. The smallest absolute Gasteiger partial charge is 0.0897 e. The number of halogens is 1. The van der Waals surface area contributed by atoms with Gasteiger partial charge >= 0.3 is 0 Å². The molecule has 0 saturated heterocycles. The number of rotatable bonds is 7. The van der Waals surface area contributed by atoms with E-state index < -0.39 is 6.10 Å². The molecule has 1 aromatic rings. The van der Waals surface area contributed by atoms with Crippen LogP contribution in [0.5, 0.6) is 0 Å². The van der Waals surface area contributed by atoms with Crippen LogP contribution in [0.2, 0.25) is 5.02 Å². The molecule has 0 aliphatic heterocycles. The van der Waals surface area contributed by atoms with Gasteiger partial charge in [-0.3, -0.25) is 0 Å². The van der Waals surface area contributed by atoms with Gasteiger partial charge in [-0.25, -0.2) is 0 Å². The third kappa shape index (κ3) is 6.64. The molecule has 0 heterocycles. The maximum Gasteiger partial charge on any atom is 0.0897 e. The molecule has 0 amide bonds. The van der Waals surface area contributed by atoms with E-state index in [1.807, 2.05) is 38.1 Å². The van der Waals surface area contributed by atoms with Crippen molar-refractivity contribution < 1.29 is 9.84 Å². The fourth-order valence-corrected chi connectivity index (χ4v) is 1.45. The lowest BCUT2D eigenvalue weighted by Gasteiger charge is -2.14. The molecule has 1 atom stereocenters. The molecule has 0 bridgehead atoms. The van der Waals surface area contributed by atoms with Crippen molar-refractivity contribution in [3.8, 4) is 0 Å². The van der Waals surface area contributed by atoms with Crippen LogP contribution in [0.4, 0.5) is 0 Å². The second-order valence-electron chi connectivity index (χ2n) is 4.36. The average Bonchev–Trinajstić information content (AvgIpc) is 2.29. The average molecular weight is 258 g/mol. The standard InChI is InChI=1S/C13H20ClNO2/c1-10(2)15-7-13(16)9-17-8-11-3-5-12(14)6-4-11/h3-6,10,13,15-16H,7-9H2,1-2H3/t13-/m0/s1. The second kappa shape index (κ2) is 7.67. The minimum Gasteiger partial charge on any atom is -0.389 e. The molecule has 4 heteroatoms. The predicted octanol–water partition coefficient (Wildman–Crippen LogP) is 2.22. The van der Waals surface area contributed by atoms with E-state index in [0.29, 0.717) is 25.8 Å². The zero-order chi connectivity index (χ0) is 12.7. The number of ether oxygens (including phenoxy) is 1. The van der Waals surface area contributed by atoms with E-state index >= 15 is 0 Å². The number of aliphatic hydroxyl groups excluding tert-OH is 1. The van der Waals surface area contributed by atoms with E-state index in [0.717, 1.165) is 10.6 Å². The lowest BCUT2D eigenvalue weighted by molar-refractivity contribution is 0.0281. The van der Waals surface area contributed by atoms with Crippen LogP contribution in [0, 0.1) is 0 Å². The Labute approximate surface area is 108 Å². The van der Waals surface area contributed by atoms with Crippen LogP contribution in [-0.4, -0.2) is 30.4 Å². The maximum absolute atomic E-state index is 9.61. The minimum absolute atomic E-state index is 0.336. The summed E-state index contributed by atoms with van der Waals surface area (Å²) >= 11 is 5.78. The predicted molar refractivity (Wildman–Crippen MR) is 70.3 cm³/mol. The Morgan fingerprint density at radius 1 is 1.29 bits per heavy atom. The van der Waals surface area contributed by atoms with Gasteiger partial charge in [0.1, 0.15) is 0 Å². The molecule has 0 radical (unpaired) electrons. The van der Waals surface area contributed by atoms with Gasteiger partial charge in [0.2, 0.25) is 0 Å². The first-order valence-electron chi connectivity index (χ1n) is 5.81. The molecule has 0 aromatic heterocycles. The summed E-state index contributed by atoms with van der Waals surface area (Å²) in [5.74, 6) is 0. The number of benzene rings is 1. The molecule has 3 nitrogen and oxygen atoms in total. The first-order valence-corrected chi connectivity index (χ1v) is 6.19. The van der Waals surface area contributed by atoms with Gasteiger partial charge in [-0.15, -0.1) is 0 Å². The van der Waals surface area contributed by atoms with Crippen molar-refractivity contribution in [3.05, 3.63) is 34.9 Å². The summed E-state index contributed by atoms with van der Waals surface area (Å²) in [7, 11) is 0. The van der Waals surface area contributed by atoms with Crippen LogP contribution in [0.1, 0.15) is 19.4 Å². The lowest BCUT2D eigenvalue weighted by Crippen LogP contribution is -2.34. The molecule has 1 aromatic carbocycles. The number of hydrogen-bond acceptors (Lipinski definition) is 3. The summed E-state index contributed by atoms with van der Waals surface area (Å²) in [6, 6.07) is 7.87. The highest BCUT2D eigenvalue weighted by Crippen LogP contribution is 2.10. The molecule has 0 unspecified atom stereocenters. The van der Waals surface area contributed by atoms with Gasteiger partial charge in [0.05, 0.1) is 19.3 Å². The monoisotopic (exact) mass is 257 g/mol. The summed E-state index contributed by atoms with van der Waals surface area (Å²) in [5, 5.41) is 13.5. The zero-order valence-electron chi connectivity index (χ0n) is 10.3. The lowest BCUT2D eigenvalue weighted by atomic mass is 10.2. The summed E-state index contributed by atoms with van der Waals surface area (Å²) in [5.41, 5.74) is 1.05. The fraction of sp³-hybridized carbons (Fsp3) is 0.538. The Kier molecular flexibility index (Phi) is 6.52. The van der Waals surface area contributed by atoms with Crippen LogP contribution in [0.3, 0.4) is 0 Å². The van der Waals surface area contributed by atoms with E-state index in [1.54, 1.807) is 0 Å². The first-order chi connectivity index (χ1) is 8.08. The van der Waals surface area contributed by atoms with Gasteiger partial charge in [-0.2, -0.15) is 0 Å². The van der Waals surface area contributed by atoms with Crippen molar-refractivity contribution >= 4 is 11.6 Å². The van der Waals surface area contributed by atoms with Crippen LogP contribution in [0.15, 0.2) is 24.3 Å². The van der Waals surface area contributed by atoms with Crippen molar-refractivity contribution in [3.63, 3.8) is 0 Å². The van der Waals surface area contributed by atoms with Gasteiger partial charge in [0.15, 0.2) is 0 Å². The van der Waals surface area contributed by atoms with E-state index in [1.165, 1.54) is 0 Å². The Morgan fingerprint density at radius 2 is 1.94 bits per heavy atom. The van der Waals surface area contributed by atoms with Gasteiger partial charge < -0.3 is 15.2 Å². The molecule has 2 N–H and O–H groups in total.